The van der Waals surface area contributed by atoms with Gasteiger partial charge in [-0.3, -0.25) is 24.1 Å². The minimum atomic E-state index is -1.46. The highest BCUT2D eigenvalue weighted by atomic mass is 79.9. The number of methoxy groups -OCH3 is 1. The van der Waals surface area contributed by atoms with Gasteiger partial charge in [-0.15, -0.1) is 0 Å². The van der Waals surface area contributed by atoms with Crippen LogP contribution in [0.2, 0.25) is 0 Å². The van der Waals surface area contributed by atoms with Crippen molar-refractivity contribution < 1.29 is 29.0 Å². The van der Waals surface area contributed by atoms with Gasteiger partial charge >= 0.3 is 0 Å². The lowest BCUT2D eigenvalue weighted by atomic mass is 9.44. The number of halogens is 1. The molecule has 0 radical (unpaired) electrons. The molecule has 256 valence electrons. The number of carbonyl (C=O) groups excluding carboxylic acids is 4. The second-order valence-electron chi connectivity index (χ2n) is 13.9. The van der Waals surface area contributed by atoms with Crippen molar-refractivity contribution in [3.63, 3.8) is 0 Å². The Morgan fingerprint density at radius 1 is 0.882 bits per heavy atom. The van der Waals surface area contributed by atoms with E-state index >= 15 is 9.59 Å². The quantitative estimate of drug-likeness (QED) is 0.160. The van der Waals surface area contributed by atoms with Gasteiger partial charge in [0.15, 0.2) is 23.1 Å². The third-order valence-electron chi connectivity index (χ3n) is 11.6. The van der Waals surface area contributed by atoms with Crippen molar-refractivity contribution in [3.8, 4) is 11.5 Å². The molecule has 3 aliphatic carbocycles. The van der Waals surface area contributed by atoms with Crippen LogP contribution in [-0.4, -0.2) is 35.6 Å². The zero-order valence-electron chi connectivity index (χ0n) is 28.2. The molecule has 0 bridgehead atoms. The summed E-state index contributed by atoms with van der Waals surface area (Å²) in [5.74, 6) is -4.66. The van der Waals surface area contributed by atoms with E-state index in [1.807, 2.05) is 97.9 Å². The SMILES string of the molecule is CCc1ccc(N2C(=O)[C@H]3[C@H](CC=C4[C@H]3C[C@H]3C(=O)C(c5ccccc5)=CC(=O)[C@@]3(c3ccccc3)[C@H]4c3cc(Br)cc(OC)c3O)C2=O)cc1. The maximum absolute atomic E-state index is 15.2. The number of rotatable bonds is 6. The number of nitrogens with zero attached hydrogens (tertiary/aromatic N) is 1. The van der Waals surface area contributed by atoms with Gasteiger partial charge in [0.25, 0.3) is 0 Å². The maximum Gasteiger partial charge on any atom is 0.238 e. The summed E-state index contributed by atoms with van der Waals surface area (Å²) in [4.78, 5) is 60.3. The van der Waals surface area contributed by atoms with E-state index in [9.17, 15) is 14.7 Å². The van der Waals surface area contributed by atoms with Crippen LogP contribution in [0.3, 0.4) is 0 Å². The molecule has 4 aliphatic rings. The second kappa shape index (κ2) is 12.6. The zero-order chi connectivity index (χ0) is 35.6. The number of anilines is 1. The summed E-state index contributed by atoms with van der Waals surface area (Å²) in [6.07, 6.45) is 4.76. The molecule has 0 spiro atoms. The van der Waals surface area contributed by atoms with Gasteiger partial charge in [0.1, 0.15) is 0 Å². The monoisotopic (exact) mass is 741 g/mol. The fourth-order valence-electron chi connectivity index (χ4n) is 9.32. The van der Waals surface area contributed by atoms with E-state index in [1.54, 1.807) is 12.1 Å². The average molecular weight is 743 g/mol. The van der Waals surface area contributed by atoms with Crippen molar-refractivity contribution in [2.24, 2.45) is 23.7 Å². The predicted octanol–water partition coefficient (Wildman–Crippen LogP) is 7.75. The Bertz CT molecular complexity index is 2160. The first-order valence-corrected chi connectivity index (χ1v) is 18.1. The summed E-state index contributed by atoms with van der Waals surface area (Å²) in [6.45, 7) is 2.05. The predicted molar refractivity (Wildman–Crippen MR) is 197 cm³/mol. The van der Waals surface area contributed by atoms with Crippen LogP contribution >= 0.6 is 15.9 Å². The molecule has 1 saturated carbocycles. The number of ketones is 2. The highest BCUT2D eigenvalue weighted by Gasteiger charge is 2.66. The highest BCUT2D eigenvalue weighted by molar-refractivity contribution is 9.10. The van der Waals surface area contributed by atoms with Crippen LogP contribution < -0.4 is 9.64 Å². The van der Waals surface area contributed by atoms with Crippen molar-refractivity contribution in [2.45, 2.75) is 37.5 Å². The molecule has 4 aromatic rings. The number of aryl methyl sites for hydroxylation is 1. The van der Waals surface area contributed by atoms with E-state index in [-0.39, 0.29) is 47.7 Å². The topological polar surface area (TPSA) is 101 Å². The first kappa shape index (κ1) is 33.1. The van der Waals surface area contributed by atoms with Crippen LogP contribution in [0, 0.1) is 23.7 Å². The smallest absolute Gasteiger partial charge is 0.238 e. The van der Waals surface area contributed by atoms with Crippen LogP contribution in [0.25, 0.3) is 5.57 Å². The Morgan fingerprint density at radius 2 is 1.57 bits per heavy atom. The summed E-state index contributed by atoms with van der Waals surface area (Å²) in [6, 6.07) is 29.4. The molecular weight excluding hydrogens is 706 g/mol. The number of carbonyl (C=O) groups is 4. The van der Waals surface area contributed by atoms with Crippen molar-refractivity contribution >= 4 is 50.6 Å². The van der Waals surface area contributed by atoms with Gasteiger partial charge in [0.2, 0.25) is 11.8 Å². The number of ether oxygens (including phenoxy) is 1. The molecule has 1 heterocycles. The molecule has 1 saturated heterocycles. The number of hydrogen-bond acceptors (Lipinski definition) is 6. The van der Waals surface area contributed by atoms with Gasteiger partial charge in [-0.1, -0.05) is 107 Å². The number of aromatic hydroxyl groups is 1. The minimum Gasteiger partial charge on any atom is -0.504 e. The largest absolute Gasteiger partial charge is 0.504 e. The fraction of sp³-hybridized carbons (Fsp3) is 0.256. The highest BCUT2D eigenvalue weighted by Crippen LogP contribution is 2.65. The van der Waals surface area contributed by atoms with Gasteiger partial charge in [-0.2, -0.15) is 0 Å². The number of hydrogen-bond donors (Lipinski definition) is 1. The lowest BCUT2D eigenvalue weighted by Crippen LogP contribution is -2.58. The zero-order valence-corrected chi connectivity index (χ0v) is 29.8. The van der Waals surface area contributed by atoms with E-state index in [2.05, 4.69) is 15.9 Å². The Balaban J connectivity index is 1.37. The molecule has 7 nitrogen and oxygen atoms in total. The second-order valence-corrected chi connectivity index (χ2v) is 14.8. The molecule has 0 aromatic heterocycles. The van der Waals surface area contributed by atoms with Crippen LogP contribution in [0.15, 0.2) is 119 Å². The van der Waals surface area contributed by atoms with Crippen molar-refractivity contribution in [3.05, 3.63) is 142 Å². The molecule has 8 heteroatoms. The van der Waals surface area contributed by atoms with E-state index < -0.39 is 35.0 Å². The normalized spacial score (nSPS) is 27.0. The van der Waals surface area contributed by atoms with Crippen molar-refractivity contribution in [1.82, 2.24) is 0 Å². The number of Topliss-reactive ketones (excluding diaryl/α,β-unsaturated/α-hetero) is 1. The maximum atomic E-state index is 15.2. The molecule has 8 rings (SSSR count). The van der Waals surface area contributed by atoms with Crippen LogP contribution in [0.5, 0.6) is 11.5 Å². The van der Waals surface area contributed by atoms with Crippen molar-refractivity contribution in [1.29, 1.82) is 0 Å². The summed E-state index contributed by atoms with van der Waals surface area (Å²) in [5, 5.41) is 11.9. The van der Waals surface area contributed by atoms with Gasteiger partial charge in [-0.05, 0) is 72.2 Å². The van der Waals surface area contributed by atoms with E-state index in [0.29, 0.717) is 32.4 Å². The number of allylic oxidation sites excluding steroid dienone is 4. The Labute approximate surface area is 304 Å². The molecule has 1 aliphatic heterocycles. The summed E-state index contributed by atoms with van der Waals surface area (Å²) < 4.78 is 6.22. The summed E-state index contributed by atoms with van der Waals surface area (Å²) in [5.41, 5.74) is 2.94. The lowest BCUT2D eigenvalue weighted by molar-refractivity contribution is -0.135. The van der Waals surface area contributed by atoms with Crippen LogP contribution in [0.1, 0.15) is 47.9 Å². The number of fused-ring (bicyclic) bond motifs is 4. The Hall–Kier alpha value is -5.08. The molecular formula is C43H36BrNO6. The van der Waals surface area contributed by atoms with Crippen molar-refractivity contribution in [2.75, 3.05) is 12.0 Å². The first-order chi connectivity index (χ1) is 24.7. The molecule has 0 unspecified atom stereocenters. The standard InChI is InChI=1S/C43H36BrNO6/c1-3-24-14-16-28(17-15-24)45-41(49)30-19-18-29-32(37(30)42(45)50)22-34-39(47)31(25-10-6-4-7-11-25)23-36(46)43(34,26-12-8-5-9-13-26)38(29)33-20-27(44)21-35(51-2)40(33)48/h4-18,20-21,23,30,32,34,37-38,48H,3,19,22H2,1-2H3/t30-,32+,34-,37-,38+,43-/m0/s1. The fourth-order valence-corrected chi connectivity index (χ4v) is 9.78. The number of phenolic OH excluding ortho intramolecular Hbond substituents is 1. The molecule has 51 heavy (non-hydrogen) atoms. The number of benzene rings is 4. The van der Waals surface area contributed by atoms with Crippen LogP contribution in [-0.2, 0) is 31.0 Å². The number of phenols is 1. The lowest BCUT2D eigenvalue weighted by Gasteiger charge is -2.55. The minimum absolute atomic E-state index is 0.145. The van der Waals surface area contributed by atoms with Gasteiger partial charge in [-0.25, -0.2) is 0 Å². The summed E-state index contributed by atoms with van der Waals surface area (Å²) in [7, 11) is 1.46. The van der Waals surface area contributed by atoms with Gasteiger partial charge in [0.05, 0.1) is 30.0 Å². The van der Waals surface area contributed by atoms with E-state index in [1.165, 1.54) is 18.1 Å². The molecule has 2 fully saturated rings. The Kier molecular flexibility index (Phi) is 8.18. The van der Waals surface area contributed by atoms with E-state index in [0.717, 1.165) is 17.6 Å². The number of amides is 2. The van der Waals surface area contributed by atoms with Gasteiger partial charge in [0, 0.05) is 27.4 Å². The molecule has 6 atom stereocenters. The molecule has 2 amide bonds. The first-order valence-electron chi connectivity index (χ1n) is 17.3. The van der Waals surface area contributed by atoms with Gasteiger partial charge < -0.3 is 9.84 Å². The third-order valence-corrected chi connectivity index (χ3v) is 12.0. The molecule has 4 aromatic carbocycles. The molecule has 1 N–H and O–H groups in total. The van der Waals surface area contributed by atoms with Crippen LogP contribution in [0.4, 0.5) is 5.69 Å². The number of imide groups is 1. The Morgan fingerprint density at radius 3 is 2.24 bits per heavy atom. The third kappa shape index (κ3) is 4.90. The summed E-state index contributed by atoms with van der Waals surface area (Å²) >= 11 is 3.60. The average Bonchev–Trinajstić information content (AvgIpc) is 3.42. The van der Waals surface area contributed by atoms with E-state index in [4.69, 9.17) is 4.74 Å².